The topological polar surface area (TPSA) is 21.3 Å². The van der Waals surface area contributed by atoms with Gasteiger partial charge in [0.2, 0.25) is 0 Å². The molecule has 2 nitrogen and oxygen atoms in total. The number of hydrogen-bond donors (Lipinski definition) is 1. The molecule has 2 aromatic rings. The summed E-state index contributed by atoms with van der Waals surface area (Å²) in [6.07, 6.45) is 0. The van der Waals surface area contributed by atoms with Gasteiger partial charge in [0.1, 0.15) is 18.2 Å². The number of nitrogens with one attached hydrogen (secondary N) is 1. The molecule has 0 bridgehead atoms. The van der Waals surface area contributed by atoms with Gasteiger partial charge in [-0.3, -0.25) is 0 Å². The molecule has 0 radical (unpaired) electrons. The van der Waals surface area contributed by atoms with Crippen molar-refractivity contribution in [2.24, 2.45) is 5.92 Å². The molecule has 0 amide bonds. The van der Waals surface area contributed by atoms with Crippen LogP contribution in [0.4, 0.5) is 4.39 Å². The van der Waals surface area contributed by atoms with Gasteiger partial charge in [0.15, 0.2) is 0 Å². The van der Waals surface area contributed by atoms with E-state index in [-0.39, 0.29) is 5.82 Å². The summed E-state index contributed by atoms with van der Waals surface area (Å²) in [7, 11) is 0. The zero-order valence-electron chi connectivity index (χ0n) is 13.0. The van der Waals surface area contributed by atoms with Crippen LogP contribution in [-0.4, -0.2) is 13.1 Å². The Balaban J connectivity index is 1.59. The Morgan fingerprint density at radius 1 is 1.22 bits per heavy atom. The molecule has 2 aliphatic rings. The summed E-state index contributed by atoms with van der Waals surface area (Å²) in [4.78, 5) is 0. The number of ether oxygens (including phenoxy) is 1. The summed E-state index contributed by atoms with van der Waals surface area (Å²) in [5, 5.41) is 4.12. The molecule has 0 aromatic heterocycles. The van der Waals surface area contributed by atoms with E-state index in [0.717, 1.165) is 18.7 Å². The fraction of sp³-hybridized carbons (Fsp3) is 0.368. The van der Waals surface area contributed by atoms with Crippen molar-refractivity contribution in [1.29, 1.82) is 0 Å². The Labute approximate surface area is 140 Å². The van der Waals surface area contributed by atoms with E-state index in [1.807, 2.05) is 6.07 Å². The second-order valence-corrected chi connectivity index (χ2v) is 6.95. The smallest absolute Gasteiger partial charge is 0.138 e. The maximum Gasteiger partial charge on any atom is 0.138 e. The lowest BCUT2D eigenvalue weighted by Gasteiger charge is -2.14. The number of halogens is 2. The van der Waals surface area contributed by atoms with Crippen LogP contribution in [0.3, 0.4) is 0 Å². The van der Waals surface area contributed by atoms with E-state index in [1.54, 1.807) is 6.07 Å². The zero-order chi connectivity index (χ0) is 16.0. The average Bonchev–Trinajstić information content (AvgIpc) is 3.10. The Kier molecular flexibility index (Phi) is 3.78. The number of hydrogen-bond acceptors (Lipinski definition) is 2. The number of benzene rings is 2. The number of rotatable bonds is 3. The Bertz CT molecular complexity index is 748. The van der Waals surface area contributed by atoms with Gasteiger partial charge in [-0.05, 0) is 59.3 Å². The van der Waals surface area contributed by atoms with E-state index < -0.39 is 0 Å². The fourth-order valence-corrected chi connectivity index (χ4v) is 4.22. The SMILES string of the molecule is CC1c2cc(Cl)c(OCc3cccc(F)c3)cc2C2CNCC12. The molecular weight excluding hydrogens is 313 g/mol. The zero-order valence-corrected chi connectivity index (χ0v) is 13.7. The molecule has 0 saturated carbocycles. The minimum absolute atomic E-state index is 0.250. The van der Waals surface area contributed by atoms with Gasteiger partial charge < -0.3 is 10.1 Å². The van der Waals surface area contributed by atoms with Gasteiger partial charge >= 0.3 is 0 Å². The molecule has 4 rings (SSSR count). The Hall–Kier alpha value is -1.58. The van der Waals surface area contributed by atoms with Crippen LogP contribution >= 0.6 is 11.6 Å². The van der Waals surface area contributed by atoms with E-state index >= 15 is 0 Å². The highest BCUT2D eigenvalue weighted by Crippen LogP contribution is 2.50. The lowest BCUT2D eigenvalue weighted by atomic mass is 9.91. The molecule has 0 spiro atoms. The van der Waals surface area contributed by atoms with Gasteiger partial charge in [-0.25, -0.2) is 4.39 Å². The molecule has 1 N–H and O–H groups in total. The summed E-state index contributed by atoms with van der Waals surface area (Å²) in [5.41, 5.74) is 3.51. The quantitative estimate of drug-likeness (QED) is 0.895. The third-order valence-corrected chi connectivity index (χ3v) is 5.51. The molecule has 4 heteroatoms. The summed E-state index contributed by atoms with van der Waals surface area (Å²) < 4.78 is 19.1. The Morgan fingerprint density at radius 3 is 2.91 bits per heavy atom. The van der Waals surface area contributed by atoms with E-state index in [4.69, 9.17) is 16.3 Å². The lowest BCUT2D eigenvalue weighted by molar-refractivity contribution is 0.305. The standard InChI is InChI=1S/C19H19ClFNO/c1-11-14-6-18(20)19(7-15(14)17-9-22-8-16(11)17)23-10-12-3-2-4-13(21)5-12/h2-7,11,16-17,22H,8-10H2,1H3. The van der Waals surface area contributed by atoms with Crippen LogP contribution in [-0.2, 0) is 6.61 Å². The van der Waals surface area contributed by atoms with Crippen molar-refractivity contribution < 1.29 is 9.13 Å². The van der Waals surface area contributed by atoms with E-state index in [2.05, 4.69) is 24.4 Å². The lowest BCUT2D eigenvalue weighted by Crippen LogP contribution is -2.12. The van der Waals surface area contributed by atoms with Crippen molar-refractivity contribution >= 4 is 11.6 Å². The molecule has 1 aliphatic heterocycles. The van der Waals surface area contributed by atoms with Crippen LogP contribution in [0.15, 0.2) is 36.4 Å². The van der Waals surface area contributed by atoms with Crippen molar-refractivity contribution in [3.05, 3.63) is 63.9 Å². The fourth-order valence-electron chi connectivity index (χ4n) is 3.99. The van der Waals surface area contributed by atoms with Gasteiger partial charge in [-0.1, -0.05) is 30.7 Å². The molecular formula is C19H19ClFNO. The molecule has 1 saturated heterocycles. The molecule has 23 heavy (non-hydrogen) atoms. The van der Waals surface area contributed by atoms with Crippen LogP contribution in [0.2, 0.25) is 5.02 Å². The van der Waals surface area contributed by atoms with Gasteiger partial charge in [-0.15, -0.1) is 0 Å². The third-order valence-electron chi connectivity index (χ3n) is 5.21. The minimum atomic E-state index is -0.250. The van der Waals surface area contributed by atoms with Crippen LogP contribution in [0, 0.1) is 11.7 Å². The number of fused-ring (bicyclic) bond motifs is 3. The van der Waals surface area contributed by atoms with Gasteiger partial charge in [0.25, 0.3) is 0 Å². The summed E-state index contributed by atoms with van der Waals surface area (Å²) in [5.74, 6) is 2.17. The molecule has 3 atom stereocenters. The Morgan fingerprint density at radius 2 is 2.09 bits per heavy atom. The molecule has 1 heterocycles. The van der Waals surface area contributed by atoms with Gasteiger partial charge in [-0.2, -0.15) is 0 Å². The van der Waals surface area contributed by atoms with Crippen molar-refractivity contribution in [3.63, 3.8) is 0 Å². The first-order valence-electron chi connectivity index (χ1n) is 8.05. The first kappa shape index (κ1) is 15.0. The maximum absolute atomic E-state index is 13.3. The predicted octanol–water partition coefficient (Wildman–Crippen LogP) is 4.48. The van der Waals surface area contributed by atoms with Gasteiger partial charge in [0, 0.05) is 12.5 Å². The normalized spacial score (nSPS) is 25.3. The third kappa shape index (κ3) is 2.62. The van der Waals surface area contributed by atoms with Crippen LogP contribution in [0.5, 0.6) is 5.75 Å². The maximum atomic E-state index is 13.3. The average molecular weight is 332 g/mol. The molecule has 3 unspecified atom stereocenters. The second kappa shape index (κ2) is 5.81. The van der Waals surface area contributed by atoms with Crippen LogP contribution < -0.4 is 10.1 Å². The van der Waals surface area contributed by atoms with E-state index in [0.29, 0.717) is 35.1 Å². The van der Waals surface area contributed by atoms with Crippen LogP contribution in [0.1, 0.15) is 35.4 Å². The molecule has 2 aromatic carbocycles. The predicted molar refractivity (Wildman–Crippen MR) is 89.7 cm³/mol. The van der Waals surface area contributed by atoms with Crippen LogP contribution in [0.25, 0.3) is 0 Å². The van der Waals surface area contributed by atoms with Crippen molar-refractivity contribution in [2.75, 3.05) is 13.1 Å². The highest BCUT2D eigenvalue weighted by molar-refractivity contribution is 6.32. The monoisotopic (exact) mass is 331 g/mol. The molecule has 1 fully saturated rings. The van der Waals surface area contributed by atoms with E-state index in [9.17, 15) is 4.39 Å². The first-order valence-corrected chi connectivity index (χ1v) is 8.42. The summed E-state index contributed by atoms with van der Waals surface area (Å²) in [6, 6.07) is 10.6. The largest absolute Gasteiger partial charge is 0.487 e. The summed E-state index contributed by atoms with van der Waals surface area (Å²) in [6.45, 7) is 4.68. The molecule has 1 aliphatic carbocycles. The van der Waals surface area contributed by atoms with Gasteiger partial charge in [0.05, 0.1) is 5.02 Å². The minimum Gasteiger partial charge on any atom is -0.487 e. The second-order valence-electron chi connectivity index (χ2n) is 6.55. The van der Waals surface area contributed by atoms with Crippen molar-refractivity contribution in [1.82, 2.24) is 5.32 Å². The van der Waals surface area contributed by atoms with Crippen molar-refractivity contribution in [3.8, 4) is 5.75 Å². The highest BCUT2D eigenvalue weighted by Gasteiger charge is 2.41. The highest BCUT2D eigenvalue weighted by atomic mass is 35.5. The van der Waals surface area contributed by atoms with E-state index in [1.165, 1.54) is 23.3 Å². The van der Waals surface area contributed by atoms with Crippen molar-refractivity contribution in [2.45, 2.75) is 25.4 Å². The summed E-state index contributed by atoms with van der Waals surface area (Å²) >= 11 is 6.41. The first-order chi connectivity index (χ1) is 11.1. The molecule has 120 valence electrons.